The number of amides is 1. The minimum atomic E-state index is -0.430. The summed E-state index contributed by atoms with van der Waals surface area (Å²) in [5.41, 5.74) is 6.54. The van der Waals surface area contributed by atoms with Gasteiger partial charge in [0.1, 0.15) is 18.1 Å². The Bertz CT molecular complexity index is 1320. The molecule has 34 heavy (non-hydrogen) atoms. The highest BCUT2D eigenvalue weighted by Gasteiger charge is 2.12. The third kappa shape index (κ3) is 5.42. The van der Waals surface area contributed by atoms with Gasteiger partial charge in [-0.3, -0.25) is 9.89 Å². The van der Waals surface area contributed by atoms with Crippen molar-refractivity contribution in [3.8, 4) is 28.5 Å². The zero-order valence-corrected chi connectivity index (χ0v) is 18.8. The fraction of sp³-hybridized carbons (Fsp3) is 0.115. The van der Waals surface area contributed by atoms with Crippen molar-refractivity contribution >= 4 is 11.6 Å². The zero-order chi connectivity index (χ0) is 23.9. The number of aromatic nitrogens is 2. The van der Waals surface area contributed by atoms with E-state index < -0.39 is 5.91 Å². The number of ether oxygens (including phenoxy) is 2. The number of H-pyrrole nitrogens is 1. The number of phenolic OH excluding ortho intramolecular Hbond substituents is 1. The normalized spacial score (nSPS) is 11.2. The summed E-state index contributed by atoms with van der Waals surface area (Å²) in [6, 6.07) is 23.9. The SMILES string of the molecule is COc1cc(/C(C)=N\NC(=O)c2cc(-c3cccc(OCc4ccccc4)c3)n[nH]2)ccc1O. The number of hydrazone groups is 1. The van der Waals surface area contributed by atoms with E-state index in [1.807, 2.05) is 54.6 Å². The molecule has 4 rings (SSSR count). The van der Waals surface area contributed by atoms with E-state index in [0.717, 1.165) is 11.1 Å². The summed E-state index contributed by atoms with van der Waals surface area (Å²) >= 11 is 0. The van der Waals surface area contributed by atoms with Gasteiger partial charge in [-0.15, -0.1) is 0 Å². The van der Waals surface area contributed by atoms with Crippen molar-refractivity contribution in [2.45, 2.75) is 13.5 Å². The lowest BCUT2D eigenvalue weighted by Gasteiger charge is -2.07. The summed E-state index contributed by atoms with van der Waals surface area (Å²) < 4.78 is 11.0. The maximum atomic E-state index is 12.5. The van der Waals surface area contributed by atoms with Gasteiger partial charge in [-0.2, -0.15) is 10.2 Å². The van der Waals surface area contributed by atoms with E-state index in [9.17, 15) is 9.90 Å². The van der Waals surface area contributed by atoms with Crippen LogP contribution in [0.2, 0.25) is 0 Å². The minimum absolute atomic E-state index is 0.0302. The number of benzene rings is 3. The molecule has 0 spiro atoms. The summed E-state index contributed by atoms with van der Waals surface area (Å²) in [6.45, 7) is 2.20. The predicted molar refractivity (Wildman–Crippen MR) is 129 cm³/mol. The van der Waals surface area contributed by atoms with Gasteiger partial charge >= 0.3 is 0 Å². The standard InChI is InChI=1S/C26H24N4O4/c1-17(19-11-12-24(31)25(14-19)33-2)27-30-26(32)23-15-22(28-29-23)20-9-6-10-21(13-20)34-16-18-7-4-3-5-8-18/h3-15,31H,16H2,1-2H3,(H,28,29)(H,30,32)/b27-17-. The first-order valence-corrected chi connectivity index (χ1v) is 10.6. The Balaban J connectivity index is 1.42. The highest BCUT2D eigenvalue weighted by atomic mass is 16.5. The lowest BCUT2D eigenvalue weighted by Crippen LogP contribution is -2.19. The molecule has 0 saturated carbocycles. The molecule has 0 saturated heterocycles. The highest BCUT2D eigenvalue weighted by Crippen LogP contribution is 2.26. The lowest BCUT2D eigenvalue weighted by atomic mass is 10.1. The van der Waals surface area contributed by atoms with Crippen LogP contribution in [0, 0.1) is 0 Å². The van der Waals surface area contributed by atoms with Crippen LogP contribution in [0.25, 0.3) is 11.3 Å². The molecule has 0 aliphatic rings. The summed E-state index contributed by atoms with van der Waals surface area (Å²) in [7, 11) is 1.47. The van der Waals surface area contributed by atoms with Crippen molar-refractivity contribution < 1.29 is 19.4 Å². The Kier molecular flexibility index (Phi) is 6.88. The van der Waals surface area contributed by atoms with Crippen molar-refractivity contribution in [1.29, 1.82) is 0 Å². The lowest BCUT2D eigenvalue weighted by molar-refractivity contribution is 0.0950. The van der Waals surface area contributed by atoms with Crippen molar-refractivity contribution in [2.75, 3.05) is 7.11 Å². The van der Waals surface area contributed by atoms with Crippen LogP contribution in [-0.4, -0.2) is 34.0 Å². The fourth-order valence-corrected chi connectivity index (χ4v) is 3.23. The number of nitrogens with one attached hydrogen (secondary N) is 2. The Morgan fingerprint density at radius 3 is 2.68 bits per heavy atom. The second kappa shape index (κ2) is 10.4. The molecule has 0 aliphatic heterocycles. The van der Waals surface area contributed by atoms with Crippen LogP contribution in [0.3, 0.4) is 0 Å². The molecule has 8 nitrogen and oxygen atoms in total. The fourth-order valence-electron chi connectivity index (χ4n) is 3.23. The van der Waals surface area contributed by atoms with E-state index in [1.165, 1.54) is 13.2 Å². The number of hydrogen-bond acceptors (Lipinski definition) is 6. The molecule has 1 amide bonds. The quantitative estimate of drug-likeness (QED) is 0.267. The molecule has 0 aliphatic carbocycles. The van der Waals surface area contributed by atoms with E-state index >= 15 is 0 Å². The molecule has 0 bridgehead atoms. The van der Waals surface area contributed by atoms with Crippen LogP contribution in [-0.2, 0) is 6.61 Å². The monoisotopic (exact) mass is 456 g/mol. The molecule has 0 radical (unpaired) electrons. The maximum Gasteiger partial charge on any atom is 0.289 e. The Morgan fingerprint density at radius 2 is 1.88 bits per heavy atom. The molecule has 0 atom stereocenters. The van der Waals surface area contributed by atoms with E-state index in [-0.39, 0.29) is 11.4 Å². The number of hydrogen-bond donors (Lipinski definition) is 3. The van der Waals surface area contributed by atoms with E-state index in [4.69, 9.17) is 9.47 Å². The van der Waals surface area contributed by atoms with Crippen molar-refractivity contribution in [3.05, 3.63) is 95.7 Å². The van der Waals surface area contributed by atoms with Crippen LogP contribution in [0.1, 0.15) is 28.5 Å². The summed E-state index contributed by atoms with van der Waals surface area (Å²) in [5, 5.41) is 20.9. The van der Waals surface area contributed by atoms with Crippen LogP contribution < -0.4 is 14.9 Å². The number of aromatic hydroxyl groups is 1. The van der Waals surface area contributed by atoms with Gasteiger partial charge in [-0.25, -0.2) is 5.43 Å². The molecule has 4 aromatic rings. The molecule has 0 unspecified atom stereocenters. The first kappa shape index (κ1) is 22.6. The molecular formula is C26H24N4O4. The minimum Gasteiger partial charge on any atom is -0.504 e. The molecule has 8 heteroatoms. The number of nitrogens with zero attached hydrogens (tertiary/aromatic N) is 2. The van der Waals surface area contributed by atoms with Gasteiger partial charge in [0.15, 0.2) is 11.5 Å². The smallest absolute Gasteiger partial charge is 0.289 e. The van der Waals surface area contributed by atoms with Gasteiger partial charge in [0.25, 0.3) is 5.91 Å². The number of aromatic amines is 1. The zero-order valence-electron chi connectivity index (χ0n) is 18.8. The van der Waals surface area contributed by atoms with Crippen LogP contribution in [0.4, 0.5) is 0 Å². The van der Waals surface area contributed by atoms with E-state index in [2.05, 4.69) is 20.7 Å². The number of rotatable bonds is 8. The van der Waals surface area contributed by atoms with Gasteiger partial charge in [0.05, 0.1) is 18.5 Å². The second-order valence-electron chi connectivity index (χ2n) is 7.49. The van der Waals surface area contributed by atoms with Crippen molar-refractivity contribution in [3.63, 3.8) is 0 Å². The van der Waals surface area contributed by atoms with Gasteiger partial charge in [-0.05, 0) is 48.9 Å². The molecule has 0 fully saturated rings. The van der Waals surface area contributed by atoms with Crippen LogP contribution in [0.15, 0.2) is 84.0 Å². The predicted octanol–water partition coefficient (Wildman–Crippen LogP) is 4.52. The van der Waals surface area contributed by atoms with Crippen LogP contribution in [0.5, 0.6) is 17.2 Å². The molecule has 1 aromatic heterocycles. The first-order valence-electron chi connectivity index (χ1n) is 10.6. The maximum absolute atomic E-state index is 12.5. The van der Waals surface area contributed by atoms with Crippen molar-refractivity contribution in [1.82, 2.24) is 15.6 Å². The topological polar surface area (TPSA) is 109 Å². The van der Waals surface area contributed by atoms with Gasteiger partial charge in [0, 0.05) is 11.1 Å². The third-order valence-corrected chi connectivity index (χ3v) is 5.12. The summed E-state index contributed by atoms with van der Waals surface area (Å²) in [6.07, 6.45) is 0. The third-order valence-electron chi connectivity index (χ3n) is 5.12. The second-order valence-corrected chi connectivity index (χ2v) is 7.49. The average Bonchev–Trinajstić information content (AvgIpc) is 3.37. The van der Waals surface area contributed by atoms with E-state index in [1.54, 1.807) is 25.1 Å². The Morgan fingerprint density at radius 1 is 1.06 bits per heavy atom. The molecular weight excluding hydrogens is 432 g/mol. The summed E-state index contributed by atoms with van der Waals surface area (Å²) in [4.78, 5) is 12.5. The van der Waals surface area contributed by atoms with Gasteiger partial charge in [-0.1, -0.05) is 42.5 Å². The number of carbonyl (C=O) groups excluding carboxylic acids is 1. The number of phenols is 1. The van der Waals surface area contributed by atoms with Crippen molar-refractivity contribution in [2.24, 2.45) is 5.10 Å². The highest BCUT2D eigenvalue weighted by molar-refractivity contribution is 6.01. The molecule has 172 valence electrons. The molecule has 3 N–H and O–H groups in total. The van der Waals surface area contributed by atoms with Gasteiger partial charge in [0.2, 0.25) is 0 Å². The van der Waals surface area contributed by atoms with Gasteiger partial charge < -0.3 is 14.6 Å². The Hall–Kier alpha value is -4.59. The first-order chi connectivity index (χ1) is 16.5. The average molecular weight is 457 g/mol. The number of carbonyl (C=O) groups is 1. The number of methoxy groups -OCH3 is 1. The molecule has 3 aromatic carbocycles. The Labute approximate surface area is 196 Å². The largest absolute Gasteiger partial charge is 0.504 e. The summed E-state index contributed by atoms with van der Waals surface area (Å²) in [5.74, 6) is 0.634. The van der Waals surface area contributed by atoms with Crippen LogP contribution >= 0.6 is 0 Å². The van der Waals surface area contributed by atoms with E-state index in [0.29, 0.717) is 35.1 Å². The molecule has 1 heterocycles.